The molecule has 1 N–H and O–H groups in total. The fraction of sp³-hybridized carbons (Fsp3) is 0.444. The van der Waals surface area contributed by atoms with Gasteiger partial charge >= 0.3 is 0 Å². The number of β-amino-alcohol motifs (C(OH)–C–C–N with tert-alkyl or cyclic N) is 1. The van der Waals surface area contributed by atoms with Crippen LogP contribution in [-0.4, -0.2) is 59.9 Å². The third-order valence-corrected chi connectivity index (χ3v) is 4.14. The summed E-state index contributed by atoms with van der Waals surface area (Å²) in [5.74, 6) is 1.74. The van der Waals surface area contributed by atoms with Crippen molar-refractivity contribution >= 4 is 5.82 Å². The summed E-state index contributed by atoms with van der Waals surface area (Å²) in [6, 6.07) is 9.58. The van der Waals surface area contributed by atoms with E-state index in [0.717, 1.165) is 42.3 Å². The first-order valence-corrected chi connectivity index (χ1v) is 8.22. The molecule has 2 aromatic rings. The maximum atomic E-state index is 10.3. The van der Waals surface area contributed by atoms with Crippen molar-refractivity contribution in [2.24, 2.45) is 0 Å². The lowest BCUT2D eigenvalue weighted by Crippen LogP contribution is -2.39. The Bertz CT molecular complexity index is 663. The standard InChI is InChI=1S/C18H24N4O2/c1-21(2)18-16-11-22(9-8-17(16)19-13-20-18)10-14(23)12-24-15-6-4-3-5-7-15/h3-7,13-14,23H,8-12H2,1-2H3/t14-/m0/s1. The number of ether oxygens (including phenoxy) is 1. The van der Waals surface area contributed by atoms with Gasteiger partial charge in [0.05, 0.1) is 5.69 Å². The summed E-state index contributed by atoms with van der Waals surface area (Å²) in [6.45, 7) is 2.51. The zero-order chi connectivity index (χ0) is 16.9. The smallest absolute Gasteiger partial charge is 0.136 e. The molecule has 0 spiro atoms. The van der Waals surface area contributed by atoms with Gasteiger partial charge in [-0.15, -0.1) is 0 Å². The number of nitrogens with zero attached hydrogens (tertiary/aromatic N) is 4. The Morgan fingerprint density at radius 3 is 2.79 bits per heavy atom. The molecule has 0 saturated heterocycles. The minimum Gasteiger partial charge on any atom is -0.491 e. The van der Waals surface area contributed by atoms with Crippen molar-refractivity contribution in [2.75, 3.05) is 38.7 Å². The van der Waals surface area contributed by atoms with Crippen LogP contribution >= 0.6 is 0 Å². The zero-order valence-electron chi connectivity index (χ0n) is 14.2. The van der Waals surface area contributed by atoms with Crippen molar-refractivity contribution < 1.29 is 9.84 Å². The number of benzene rings is 1. The lowest BCUT2D eigenvalue weighted by Gasteiger charge is -2.31. The minimum atomic E-state index is -0.529. The number of aliphatic hydroxyl groups is 1. The molecule has 0 fully saturated rings. The summed E-state index contributed by atoms with van der Waals surface area (Å²) in [5, 5.41) is 10.3. The fourth-order valence-corrected chi connectivity index (χ4v) is 2.98. The molecule has 0 bridgehead atoms. The van der Waals surface area contributed by atoms with Gasteiger partial charge in [-0.25, -0.2) is 9.97 Å². The van der Waals surface area contributed by atoms with E-state index in [2.05, 4.69) is 14.9 Å². The molecule has 6 heteroatoms. The molecule has 2 heterocycles. The van der Waals surface area contributed by atoms with Gasteiger partial charge in [0, 0.05) is 45.7 Å². The molecule has 0 aliphatic carbocycles. The Kier molecular flexibility index (Phi) is 5.27. The third-order valence-electron chi connectivity index (χ3n) is 4.14. The van der Waals surface area contributed by atoms with E-state index in [1.54, 1.807) is 6.33 Å². The van der Waals surface area contributed by atoms with E-state index in [-0.39, 0.29) is 0 Å². The first-order chi connectivity index (χ1) is 11.6. The number of anilines is 1. The van der Waals surface area contributed by atoms with Crippen molar-refractivity contribution in [2.45, 2.75) is 19.1 Å². The van der Waals surface area contributed by atoms with Gasteiger partial charge in [0.15, 0.2) is 0 Å². The zero-order valence-corrected chi connectivity index (χ0v) is 14.2. The maximum Gasteiger partial charge on any atom is 0.136 e. The summed E-state index contributed by atoms with van der Waals surface area (Å²) < 4.78 is 5.63. The van der Waals surface area contributed by atoms with Gasteiger partial charge in [0.1, 0.15) is 30.6 Å². The number of hydrogen-bond donors (Lipinski definition) is 1. The summed E-state index contributed by atoms with van der Waals surface area (Å²) >= 11 is 0. The Morgan fingerprint density at radius 1 is 1.25 bits per heavy atom. The molecule has 1 aliphatic heterocycles. The van der Waals surface area contributed by atoms with E-state index in [1.165, 1.54) is 0 Å². The first kappa shape index (κ1) is 16.7. The van der Waals surface area contributed by atoms with Gasteiger partial charge < -0.3 is 14.7 Å². The van der Waals surface area contributed by atoms with Crippen molar-refractivity contribution in [3.05, 3.63) is 47.9 Å². The van der Waals surface area contributed by atoms with Crippen LogP contribution in [0.4, 0.5) is 5.82 Å². The van der Waals surface area contributed by atoms with Crippen LogP contribution in [0.15, 0.2) is 36.7 Å². The molecule has 1 atom stereocenters. The summed E-state index contributed by atoms with van der Waals surface area (Å²) in [6.07, 6.45) is 1.98. The van der Waals surface area contributed by atoms with Crippen LogP contribution in [0.5, 0.6) is 5.75 Å². The highest BCUT2D eigenvalue weighted by Crippen LogP contribution is 2.24. The molecule has 0 radical (unpaired) electrons. The maximum absolute atomic E-state index is 10.3. The molecule has 1 aliphatic rings. The van der Waals surface area contributed by atoms with Crippen molar-refractivity contribution in [1.29, 1.82) is 0 Å². The molecule has 6 nitrogen and oxygen atoms in total. The van der Waals surface area contributed by atoms with Crippen LogP contribution in [0, 0.1) is 0 Å². The molecule has 1 aromatic carbocycles. The lowest BCUT2D eigenvalue weighted by molar-refractivity contribution is 0.0635. The summed E-state index contributed by atoms with van der Waals surface area (Å²) in [7, 11) is 3.98. The van der Waals surface area contributed by atoms with Crippen LogP contribution in [-0.2, 0) is 13.0 Å². The SMILES string of the molecule is CN(C)c1ncnc2c1CN(C[C@H](O)COc1ccccc1)CC2. The second kappa shape index (κ2) is 7.59. The van der Waals surface area contributed by atoms with Gasteiger partial charge in [0.2, 0.25) is 0 Å². The van der Waals surface area contributed by atoms with E-state index in [4.69, 9.17) is 4.74 Å². The third kappa shape index (κ3) is 4.01. The van der Waals surface area contributed by atoms with Crippen LogP contribution in [0.3, 0.4) is 0 Å². The number of fused-ring (bicyclic) bond motifs is 1. The summed E-state index contributed by atoms with van der Waals surface area (Å²) in [4.78, 5) is 13.0. The molecule has 24 heavy (non-hydrogen) atoms. The second-order valence-electron chi connectivity index (χ2n) is 6.28. The van der Waals surface area contributed by atoms with Crippen LogP contribution in [0.1, 0.15) is 11.3 Å². The van der Waals surface area contributed by atoms with Gasteiger partial charge in [0.25, 0.3) is 0 Å². The van der Waals surface area contributed by atoms with Crippen LogP contribution < -0.4 is 9.64 Å². The predicted molar refractivity (Wildman–Crippen MR) is 93.3 cm³/mol. The van der Waals surface area contributed by atoms with E-state index in [9.17, 15) is 5.11 Å². The first-order valence-electron chi connectivity index (χ1n) is 8.22. The van der Waals surface area contributed by atoms with Crippen LogP contribution in [0.25, 0.3) is 0 Å². The lowest BCUT2D eigenvalue weighted by atomic mass is 10.1. The van der Waals surface area contributed by atoms with Gasteiger partial charge in [-0.1, -0.05) is 18.2 Å². The average molecular weight is 328 g/mol. The summed E-state index contributed by atoms with van der Waals surface area (Å²) in [5.41, 5.74) is 2.27. The molecule has 128 valence electrons. The molecular formula is C18H24N4O2. The number of para-hydroxylation sites is 1. The molecule has 0 saturated carbocycles. The fourth-order valence-electron chi connectivity index (χ4n) is 2.98. The predicted octanol–water partition coefficient (Wildman–Crippen LogP) is 1.34. The van der Waals surface area contributed by atoms with E-state index in [1.807, 2.05) is 49.3 Å². The Balaban J connectivity index is 1.57. The highest BCUT2D eigenvalue weighted by atomic mass is 16.5. The van der Waals surface area contributed by atoms with Crippen LogP contribution in [0.2, 0.25) is 0 Å². The molecule has 0 unspecified atom stereocenters. The number of rotatable bonds is 6. The van der Waals surface area contributed by atoms with E-state index in [0.29, 0.717) is 13.2 Å². The monoisotopic (exact) mass is 328 g/mol. The quantitative estimate of drug-likeness (QED) is 0.863. The normalized spacial score (nSPS) is 15.6. The molecule has 0 amide bonds. The van der Waals surface area contributed by atoms with E-state index < -0.39 is 6.10 Å². The highest BCUT2D eigenvalue weighted by Gasteiger charge is 2.23. The largest absolute Gasteiger partial charge is 0.491 e. The van der Waals surface area contributed by atoms with Crippen molar-refractivity contribution in [1.82, 2.24) is 14.9 Å². The topological polar surface area (TPSA) is 61.7 Å². The minimum absolute atomic E-state index is 0.291. The number of aliphatic hydroxyl groups excluding tert-OH is 1. The Hall–Kier alpha value is -2.18. The van der Waals surface area contributed by atoms with Gasteiger partial charge in [-0.05, 0) is 12.1 Å². The van der Waals surface area contributed by atoms with Gasteiger partial charge in [-0.2, -0.15) is 0 Å². The molecular weight excluding hydrogens is 304 g/mol. The molecule has 3 rings (SSSR count). The number of aromatic nitrogens is 2. The van der Waals surface area contributed by atoms with Crippen molar-refractivity contribution in [3.8, 4) is 5.75 Å². The van der Waals surface area contributed by atoms with Crippen molar-refractivity contribution in [3.63, 3.8) is 0 Å². The average Bonchev–Trinajstić information content (AvgIpc) is 2.60. The molecule has 1 aromatic heterocycles. The Labute approximate surface area is 142 Å². The van der Waals surface area contributed by atoms with E-state index >= 15 is 0 Å². The second-order valence-corrected chi connectivity index (χ2v) is 6.28. The highest BCUT2D eigenvalue weighted by molar-refractivity contribution is 5.48. The van der Waals surface area contributed by atoms with Gasteiger partial charge in [-0.3, -0.25) is 4.90 Å². The number of hydrogen-bond acceptors (Lipinski definition) is 6. The Morgan fingerprint density at radius 2 is 2.04 bits per heavy atom.